The summed E-state index contributed by atoms with van der Waals surface area (Å²) in [6, 6.07) is 0. The molecule has 0 saturated carbocycles. The second-order valence-corrected chi connectivity index (χ2v) is 29.9. The van der Waals surface area contributed by atoms with Crippen molar-refractivity contribution in [3.05, 3.63) is 146 Å². The van der Waals surface area contributed by atoms with Crippen LogP contribution in [0.25, 0.3) is 0 Å². The van der Waals surface area contributed by atoms with Crippen molar-refractivity contribution < 1.29 is 80.2 Å². The van der Waals surface area contributed by atoms with Gasteiger partial charge in [-0.25, -0.2) is 9.13 Å². The van der Waals surface area contributed by atoms with Gasteiger partial charge in [0.25, 0.3) is 0 Å². The summed E-state index contributed by atoms with van der Waals surface area (Å²) < 4.78 is 68.6. The molecule has 0 amide bonds. The van der Waals surface area contributed by atoms with E-state index in [9.17, 15) is 43.2 Å². The van der Waals surface area contributed by atoms with Gasteiger partial charge in [-0.15, -0.1) is 0 Å². The minimum Gasteiger partial charge on any atom is -0.462 e. The highest BCUT2D eigenvalue weighted by atomic mass is 31.2. The van der Waals surface area contributed by atoms with E-state index in [-0.39, 0.29) is 25.7 Å². The van der Waals surface area contributed by atoms with Gasteiger partial charge in [0.1, 0.15) is 19.3 Å². The van der Waals surface area contributed by atoms with Crippen molar-refractivity contribution in [3.8, 4) is 0 Å². The Bertz CT molecular complexity index is 2580. The second kappa shape index (κ2) is 78.1. The van der Waals surface area contributed by atoms with E-state index in [2.05, 4.69) is 155 Å². The third-order valence-corrected chi connectivity index (χ3v) is 18.7. The molecule has 0 aromatic carbocycles. The molecule has 5 atom stereocenters. The van der Waals surface area contributed by atoms with E-state index in [1.54, 1.807) is 0 Å². The Labute approximate surface area is 643 Å². The molecule has 19 heteroatoms. The SMILES string of the molecule is CC/C=C\C/C=C\C/C=C\C/C=C\C/C=C\C/C=C\CCC(=O)OCC(COP(=O)(O)OCC(O)COP(=O)(O)OCC(COC(=O)CCCCCCC/C=C\CCCCCCCC)OC(=O)CCCCCCCCCCCCCCC)OC(=O)CCCCC/C=C\C/C=C\C/C=C\C/C=C\C/C=C\CC. The summed E-state index contributed by atoms with van der Waals surface area (Å²) in [5.41, 5.74) is 0. The summed E-state index contributed by atoms with van der Waals surface area (Å²) in [6.07, 6.45) is 89.8. The quantitative estimate of drug-likeness (QED) is 0.0169. The molecule has 0 aliphatic rings. The first kappa shape index (κ1) is 101. The molecule has 3 N–H and O–H groups in total. The van der Waals surface area contributed by atoms with Gasteiger partial charge in [0.2, 0.25) is 0 Å². The fraction of sp³-hybridized carbons (Fsp3) is 0.678. The van der Waals surface area contributed by atoms with Crippen LogP contribution in [0.2, 0.25) is 0 Å². The topological polar surface area (TPSA) is 237 Å². The lowest BCUT2D eigenvalue weighted by Gasteiger charge is -2.21. The summed E-state index contributed by atoms with van der Waals surface area (Å²) >= 11 is 0. The Morgan fingerprint density at radius 2 is 0.509 bits per heavy atom. The standard InChI is InChI=1S/C87H146O17P2/c1-5-9-13-17-21-25-29-33-36-38-40-42-45-49-52-56-60-64-68-72-85(90)98-78-83(104-87(92)74-70-66-62-58-54-50-46-43-41-39-37-34-30-26-22-18-14-10-6-2)80-102-106(95,96)100-76-81(88)75-99-105(93,94)101-79-82(103-86(91)73-69-65-61-57-53-47-32-28-24-20-16-12-8-4)77-97-84(89)71-67-63-59-55-51-48-44-35-31-27-23-19-15-11-7-3/h9-10,13-14,21-22,25-26,33-37,40-44,49-50,52,54,60,64,81-83,88H,5-8,11-12,15-20,23-24,27-32,38-39,45-48,51,53,55-59,61-63,65-80H2,1-4H3,(H,93,94)(H,95,96)/b13-9-,14-10-,25-21-,26-22-,36-33-,37-34-,42-40-,43-41-,44-35-,52-49-,54-50-,64-60-. The number of unbranched alkanes of at least 4 members (excludes halogenated alkanes) is 26. The maximum Gasteiger partial charge on any atom is 0.472 e. The lowest BCUT2D eigenvalue weighted by atomic mass is 10.0. The minimum atomic E-state index is -5.01. The Morgan fingerprint density at radius 1 is 0.274 bits per heavy atom. The molecule has 0 aromatic heterocycles. The van der Waals surface area contributed by atoms with Crippen molar-refractivity contribution in [3.63, 3.8) is 0 Å². The van der Waals surface area contributed by atoms with Crippen LogP contribution in [0.1, 0.15) is 323 Å². The Balaban J connectivity index is 5.47. The van der Waals surface area contributed by atoms with Gasteiger partial charge in [-0.1, -0.05) is 308 Å². The van der Waals surface area contributed by atoms with E-state index in [1.807, 2.05) is 18.2 Å². The summed E-state index contributed by atoms with van der Waals surface area (Å²) in [7, 11) is -10.00. The van der Waals surface area contributed by atoms with Gasteiger partial charge in [0, 0.05) is 25.7 Å². The molecule has 17 nitrogen and oxygen atoms in total. The summed E-state index contributed by atoms with van der Waals surface area (Å²) in [4.78, 5) is 73.1. The number of phosphoric ester groups is 2. The number of hydrogen-bond acceptors (Lipinski definition) is 15. The lowest BCUT2D eigenvalue weighted by Crippen LogP contribution is -2.30. The van der Waals surface area contributed by atoms with Crippen LogP contribution in [0.15, 0.2) is 146 Å². The molecule has 0 aliphatic carbocycles. The van der Waals surface area contributed by atoms with Crippen LogP contribution in [-0.4, -0.2) is 96.7 Å². The van der Waals surface area contributed by atoms with Crippen LogP contribution in [0, 0.1) is 0 Å². The highest BCUT2D eigenvalue weighted by Gasteiger charge is 2.30. The van der Waals surface area contributed by atoms with E-state index in [0.717, 1.165) is 148 Å². The molecular weight excluding hydrogens is 1380 g/mol. The molecule has 0 aromatic rings. The zero-order chi connectivity index (χ0) is 77.4. The number of carbonyl (C=O) groups excluding carboxylic acids is 4. The van der Waals surface area contributed by atoms with E-state index in [4.69, 9.17) is 37.0 Å². The molecule has 0 aliphatic heterocycles. The van der Waals surface area contributed by atoms with Gasteiger partial charge in [-0.2, -0.15) is 0 Å². The smallest absolute Gasteiger partial charge is 0.462 e. The summed E-state index contributed by atoms with van der Waals surface area (Å²) in [5, 5.41) is 10.7. The average molecular weight is 1530 g/mol. The van der Waals surface area contributed by atoms with Crippen molar-refractivity contribution in [2.45, 2.75) is 341 Å². The molecule has 106 heavy (non-hydrogen) atoms. The van der Waals surface area contributed by atoms with Gasteiger partial charge in [0.05, 0.1) is 26.4 Å². The van der Waals surface area contributed by atoms with Crippen LogP contribution < -0.4 is 0 Å². The number of allylic oxidation sites excluding steroid dienone is 24. The summed E-state index contributed by atoms with van der Waals surface area (Å²) in [6.45, 7) is 4.53. The molecule has 0 rings (SSSR count). The van der Waals surface area contributed by atoms with Gasteiger partial charge in [-0.3, -0.25) is 37.3 Å². The van der Waals surface area contributed by atoms with Crippen molar-refractivity contribution in [1.82, 2.24) is 0 Å². The number of esters is 4. The number of ether oxygens (including phenoxy) is 4. The third kappa shape index (κ3) is 77.1. The Kier molecular flexibility index (Phi) is 74.3. The number of aliphatic hydroxyl groups excluding tert-OH is 1. The van der Waals surface area contributed by atoms with Gasteiger partial charge < -0.3 is 33.8 Å². The van der Waals surface area contributed by atoms with E-state index < -0.39 is 97.5 Å². The monoisotopic (exact) mass is 1530 g/mol. The van der Waals surface area contributed by atoms with Crippen LogP contribution >= 0.6 is 15.6 Å². The molecule has 0 heterocycles. The van der Waals surface area contributed by atoms with E-state index >= 15 is 0 Å². The number of phosphoric acid groups is 2. The molecule has 5 unspecified atom stereocenters. The fourth-order valence-electron chi connectivity index (χ4n) is 10.6. The van der Waals surface area contributed by atoms with E-state index in [0.29, 0.717) is 32.1 Å². The number of rotatable bonds is 76. The first-order chi connectivity index (χ1) is 51.7. The zero-order valence-corrected chi connectivity index (χ0v) is 68.1. The van der Waals surface area contributed by atoms with Crippen molar-refractivity contribution in [2.75, 3.05) is 39.6 Å². The predicted octanol–water partition coefficient (Wildman–Crippen LogP) is 24.2. The van der Waals surface area contributed by atoms with Crippen LogP contribution in [0.3, 0.4) is 0 Å². The van der Waals surface area contributed by atoms with Gasteiger partial charge >= 0.3 is 39.5 Å². The highest BCUT2D eigenvalue weighted by molar-refractivity contribution is 7.47. The first-order valence-electron chi connectivity index (χ1n) is 41.1. The Morgan fingerprint density at radius 3 is 0.830 bits per heavy atom. The third-order valence-electron chi connectivity index (χ3n) is 16.8. The van der Waals surface area contributed by atoms with Crippen LogP contribution in [-0.2, 0) is 65.4 Å². The van der Waals surface area contributed by atoms with Gasteiger partial charge in [0.15, 0.2) is 12.2 Å². The van der Waals surface area contributed by atoms with Crippen LogP contribution in [0.5, 0.6) is 0 Å². The van der Waals surface area contributed by atoms with Crippen molar-refractivity contribution >= 4 is 39.5 Å². The van der Waals surface area contributed by atoms with Gasteiger partial charge in [-0.05, 0) is 135 Å². The molecule has 0 fully saturated rings. The second-order valence-electron chi connectivity index (χ2n) is 27.0. The molecule has 0 radical (unpaired) electrons. The fourth-order valence-corrected chi connectivity index (χ4v) is 12.2. The number of hydrogen-bond donors (Lipinski definition) is 3. The number of carbonyl (C=O) groups is 4. The maximum absolute atomic E-state index is 13.1. The van der Waals surface area contributed by atoms with Crippen molar-refractivity contribution in [1.29, 1.82) is 0 Å². The maximum atomic E-state index is 13.1. The molecule has 0 bridgehead atoms. The normalized spacial score (nSPS) is 14.6. The highest BCUT2D eigenvalue weighted by Crippen LogP contribution is 2.45. The predicted molar refractivity (Wildman–Crippen MR) is 436 cm³/mol. The summed E-state index contributed by atoms with van der Waals surface area (Å²) in [5.74, 6) is -2.31. The molecular formula is C87H146O17P2. The molecule has 0 saturated heterocycles. The van der Waals surface area contributed by atoms with Crippen molar-refractivity contribution in [2.24, 2.45) is 0 Å². The average Bonchev–Trinajstić information content (AvgIpc) is 0.903. The minimum absolute atomic E-state index is 0.0242. The number of aliphatic hydroxyl groups is 1. The zero-order valence-electron chi connectivity index (χ0n) is 66.3. The van der Waals surface area contributed by atoms with E-state index in [1.165, 1.54) is 89.9 Å². The lowest BCUT2D eigenvalue weighted by molar-refractivity contribution is -0.161. The van der Waals surface area contributed by atoms with Crippen LogP contribution in [0.4, 0.5) is 0 Å². The molecule has 606 valence electrons. The first-order valence-corrected chi connectivity index (χ1v) is 44.1. The molecule has 0 spiro atoms. The Hall–Kier alpha value is -5.06. The largest absolute Gasteiger partial charge is 0.472 e.